The monoisotopic (exact) mass is 324 g/mol. The first-order chi connectivity index (χ1) is 10.5. The quantitative estimate of drug-likeness (QED) is 0.643. The number of hydrogen-bond acceptors (Lipinski definition) is 3. The number of rotatable bonds is 6. The topological polar surface area (TPSA) is 63.6 Å². The van der Waals surface area contributed by atoms with Crippen molar-refractivity contribution in [1.82, 2.24) is 0 Å². The molecule has 1 aliphatic rings. The Morgan fingerprint density at radius 2 is 1.82 bits per heavy atom. The van der Waals surface area contributed by atoms with Crippen LogP contribution in [0.3, 0.4) is 0 Å². The van der Waals surface area contributed by atoms with E-state index >= 15 is 0 Å². The van der Waals surface area contributed by atoms with Gasteiger partial charge in [-0.1, -0.05) is 37.6 Å². The van der Waals surface area contributed by atoms with E-state index in [1.54, 1.807) is 0 Å². The summed E-state index contributed by atoms with van der Waals surface area (Å²) >= 11 is -1.82. The first kappa shape index (κ1) is 17.2. The van der Waals surface area contributed by atoms with Crippen LogP contribution in [0.2, 0.25) is 0 Å². The zero-order valence-electron chi connectivity index (χ0n) is 13.0. The van der Waals surface area contributed by atoms with E-state index < -0.39 is 11.1 Å². The van der Waals surface area contributed by atoms with Gasteiger partial charge in [0.2, 0.25) is 0 Å². The van der Waals surface area contributed by atoms with E-state index in [0.29, 0.717) is 6.42 Å². The van der Waals surface area contributed by atoms with Crippen molar-refractivity contribution in [1.29, 1.82) is 0 Å². The molecule has 2 unspecified atom stereocenters. The standard InChI is InChI=1S/C17H24O4S/c1-13(17(18)21-16-5-3-2-4-6-16)11-14-7-9-15(10-8-14)12-22(19)20/h7-10,13,16H,2-6,11-12H2,1H3,(H,19,20). The van der Waals surface area contributed by atoms with Crippen molar-refractivity contribution in [2.45, 2.75) is 57.3 Å². The van der Waals surface area contributed by atoms with Crippen LogP contribution in [0.25, 0.3) is 0 Å². The molecule has 0 aromatic heterocycles. The Balaban J connectivity index is 1.83. The third-order valence-corrected chi connectivity index (χ3v) is 4.67. The summed E-state index contributed by atoms with van der Waals surface area (Å²) in [4.78, 5) is 12.1. The Kier molecular flexibility index (Phi) is 6.58. The molecule has 0 heterocycles. The van der Waals surface area contributed by atoms with E-state index in [1.807, 2.05) is 31.2 Å². The molecule has 1 aromatic carbocycles. The fraction of sp³-hybridized carbons (Fsp3) is 0.588. The number of carbonyl (C=O) groups is 1. The fourth-order valence-corrected chi connectivity index (χ4v) is 3.29. The van der Waals surface area contributed by atoms with Gasteiger partial charge < -0.3 is 9.29 Å². The van der Waals surface area contributed by atoms with Crippen LogP contribution < -0.4 is 0 Å². The smallest absolute Gasteiger partial charge is 0.309 e. The summed E-state index contributed by atoms with van der Waals surface area (Å²) in [5, 5.41) is 0. The van der Waals surface area contributed by atoms with Crippen molar-refractivity contribution in [3.63, 3.8) is 0 Å². The second-order valence-corrected chi connectivity index (χ2v) is 7.02. The van der Waals surface area contributed by atoms with Crippen molar-refractivity contribution >= 4 is 17.0 Å². The number of ether oxygens (including phenoxy) is 1. The molecular weight excluding hydrogens is 300 g/mol. The summed E-state index contributed by atoms with van der Waals surface area (Å²) in [6.07, 6.45) is 6.27. The molecule has 22 heavy (non-hydrogen) atoms. The highest BCUT2D eigenvalue weighted by molar-refractivity contribution is 7.78. The molecule has 1 N–H and O–H groups in total. The van der Waals surface area contributed by atoms with Gasteiger partial charge in [-0.2, -0.15) is 0 Å². The molecular formula is C17H24O4S. The van der Waals surface area contributed by atoms with Crippen LogP contribution >= 0.6 is 0 Å². The van der Waals surface area contributed by atoms with Gasteiger partial charge in [0, 0.05) is 0 Å². The lowest BCUT2D eigenvalue weighted by atomic mass is 9.97. The maximum atomic E-state index is 12.1. The number of carbonyl (C=O) groups excluding carboxylic acids is 1. The second kappa shape index (κ2) is 8.44. The van der Waals surface area contributed by atoms with Crippen LogP contribution in [0, 0.1) is 5.92 Å². The number of hydrogen-bond donors (Lipinski definition) is 1. The predicted molar refractivity (Wildman–Crippen MR) is 86.8 cm³/mol. The summed E-state index contributed by atoms with van der Waals surface area (Å²) in [5.74, 6) is -0.147. The van der Waals surface area contributed by atoms with Gasteiger partial charge in [0.15, 0.2) is 11.1 Å². The van der Waals surface area contributed by atoms with Gasteiger partial charge in [-0.25, -0.2) is 4.21 Å². The minimum atomic E-state index is -1.82. The molecule has 0 aliphatic heterocycles. The Bertz CT molecular complexity index is 506. The van der Waals surface area contributed by atoms with Gasteiger partial charge in [-0.05, 0) is 43.2 Å². The highest BCUT2D eigenvalue weighted by atomic mass is 32.2. The average Bonchev–Trinajstić information content (AvgIpc) is 2.49. The molecule has 122 valence electrons. The molecule has 2 rings (SSSR count). The maximum Gasteiger partial charge on any atom is 0.309 e. The molecule has 0 bridgehead atoms. The molecule has 0 radical (unpaired) electrons. The van der Waals surface area contributed by atoms with E-state index in [0.717, 1.165) is 36.8 Å². The maximum absolute atomic E-state index is 12.1. The van der Waals surface area contributed by atoms with Crippen molar-refractivity contribution in [2.75, 3.05) is 0 Å². The lowest BCUT2D eigenvalue weighted by molar-refractivity contribution is -0.154. The van der Waals surface area contributed by atoms with E-state index in [9.17, 15) is 9.00 Å². The summed E-state index contributed by atoms with van der Waals surface area (Å²) in [6, 6.07) is 7.49. The molecule has 5 heteroatoms. The van der Waals surface area contributed by atoms with Crippen LogP contribution in [-0.2, 0) is 32.8 Å². The first-order valence-corrected chi connectivity index (χ1v) is 9.18. The third-order valence-electron chi connectivity index (χ3n) is 4.09. The molecule has 4 nitrogen and oxygen atoms in total. The second-order valence-electron chi connectivity index (χ2n) is 6.08. The predicted octanol–water partition coefficient (Wildman–Crippen LogP) is 3.46. The van der Waals surface area contributed by atoms with Crippen LogP contribution in [0.5, 0.6) is 0 Å². The Morgan fingerprint density at radius 3 is 2.41 bits per heavy atom. The van der Waals surface area contributed by atoms with Crippen molar-refractivity contribution < 1.29 is 18.3 Å². The van der Waals surface area contributed by atoms with E-state index in [-0.39, 0.29) is 23.7 Å². The summed E-state index contributed by atoms with van der Waals surface area (Å²) < 4.78 is 25.2. The summed E-state index contributed by atoms with van der Waals surface area (Å²) in [7, 11) is 0. The van der Waals surface area contributed by atoms with Gasteiger partial charge in [-0.15, -0.1) is 0 Å². The number of esters is 1. The van der Waals surface area contributed by atoms with Gasteiger partial charge in [0.25, 0.3) is 0 Å². The lowest BCUT2D eigenvalue weighted by Crippen LogP contribution is -2.25. The van der Waals surface area contributed by atoms with Crippen LogP contribution in [-0.4, -0.2) is 20.8 Å². The molecule has 0 saturated heterocycles. The largest absolute Gasteiger partial charge is 0.462 e. The van der Waals surface area contributed by atoms with Crippen molar-refractivity contribution in [3.8, 4) is 0 Å². The van der Waals surface area contributed by atoms with E-state index in [1.165, 1.54) is 6.42 Å². The van der Waals surface area contributed by atoms with Crippen LogP contribution in [0.4, 0.5) is 0 Å². The van der Waals surface area contributed by atoms with E-state index in [2.05, 4.69) is 0 Å². The molecule has 1 aromatic rings. The Hall–Kier alpha value is -1.20. The van der Waals surface area contributed by atoms with Crippen LogP contribution in [0.1, 0.15) is 50.2 Å². The van der Waals surface area contributed by atoms with Gasteiger partial charge in [-0.3, -0.25) is 4.79 Å². The third kappa shape index (κ3) is 5.54. The van der Waals surface area contributed by atoms with Crippen LogP contribution in [0.15, 0.2) is 24.3 Å². The normalized spacial score (nSPS) is 18.6. The minimum Gasteiger partial charge on any atom is -0.462 e. The van der Waals surface area contributed by atoms with E-state index in [4.69, 9.17) is 9.29 Å². The van der Waals surface area contributed by atoms with Gasteiger partial charge in [0.1, 0.15) is 6.10 Å². The van der Waals surface area contributed by atoms with Crippen molar-refractivity contribution in [3.05, 3.63) is 35.4 Å². The molecule has 0 spiro atoms. The average molecular weight is 324 g/mol. The van der Waals surface area contributed by atoms with Crippen molar-refractivity contribution in [2.24, 2.45) is 5.92 Å². The number of benzene rings is 1. The zero-order chi connectivity index (χ0) is 15.9. The fourth-order valence-electron chi connectivity index (χ4n) is 2.81. The summed E-state index contributed by atoms with van der Waals surface area (Å²) in [5.41, 5.74) is 1.86. The Morgan fingerprint density at radius 1 is 1.23 bits per heavy atom. The minimum absolute atomic E-state index is 0.102. The lowest BCUT2D eigenvalue weighted by Gasteiger charge is -2.23. The molecule has 1 saturated carbocycles. The zero-order valence-corrected chi connectivity index (χ0v) is 13.8. The SMILES string of the molecule is CC(Cc1ccc(CS(=O)O)cc1)C(=O)OC1CCCCC1. The Labute approximate surface area is 134 Å². The molecule has 1 fully saturated rings. The summed E-state index contributed by atoms with van der Waals surface area (Å²) in [6.45, 7) is 1.89. The highest BCUT2D eigenvalue weighted by Crippen LogP contribution is 2.22. The first-order valence-electron chi connectivity index (χ1n) is 7.90. The molecule has 2 atom stereocenters. The molecule has 1 aliphatic carbocycles. The highest BCUT2D eigenvalue weighted by Gasteiger charge is 2.21. The molecule has 0 amide bonds. The van der Waals surface area contributed by atoms with Gasteiger partial charge in [0.05, 0.1) is 11.7 Å². The van der Waals surface area contributed by atoms with Gasteiger partial charge >= 0.3 is 5.97 Å².